The van der Waals surface area contributed by atoms with E-state index in [-0.39, 0.29) is 88.7 Å². The van der Waals surface area contributed by atoms with Gasteiger partial charge in [0.2, 0.25) is 0 Å². The summed E-state index contributed by atoms with van der Waals surface area (Å²) in [5.41, 5.74) is 0. The van der Waals surface area contributed by atoms with Crippen LogP contribution in [0.25, 0.3) is 0 Å². The SMILES string of the molecule is Cl.F.[Ca+2].[H-].[H-].[H-].[Na+]. The van der Waals surface area contributed by atoms with Gasteiger partial charge < -0.3 is 4.28 Å². The molecule has 0 aromatic rings. The van der Waals surface area contributed by atoms with Crippen molar-refractivity contribution in [3.05, 3.63) is 0 Å². The van der Waals surface area contributed by atoms with Gasteiger partial charge in [0.1, 0.15) is 0 Å². The molecule has 0 radical (unpaired) electrons. The molecule has 0 fully saturated rings. The molecule has 0 aliphatic heterocycles. The number of hydrogen-bond acceptors (Lipinski definition) is 0. The van der Waals surface area contributed by atoms with Crippen LogP contribution in [0, 0.1) is 0 Å². The molecule has 0 N–H and O–H groups in total. The third kappa shape index (κ3) is 8.82. The van der Waals surface area contributed by atoms with Crippen LogP contribution in [0.3, 0.4) is 0 Å². The summed E-state index contributed by atoms with van der Waals surface area (Å²) >= 11 is 0. The van der Waals surface area contributed by atoms with Gasteiger partial charge in [-0.1, -0.05) is 0 Å². The molecule has 0 aliphatic carbocycles. The Morgan fingerprint density at radius 1 is 1.25 bits per heavy atom. The predicted molar refractivity (Wildman–Crippen MR) is 18.8 cm³/mol. The van der Waals surface area contributed by atoms with Crippen LogP contribution < -0.4 is 29.6 Å². The molecule has 4 heteroatoms. The molecule has 0 aliphatic rings. The van der Waals surface area contributed by atoms with E-state index < -0.39 is 0 Å². The Hall–Kier alpha value is 2.48. The fourth-order valence-electron chi connectivity index (χ4n) is 0. The summed E-state index contributed by atoms with van der Waals surface area (Å²) in [5.74, 6) is 0. The van der Waals surface area contributed by atoms with Gasteiger partial charge in [-0.25, -0.2) is 0 Å². The molecule has 0 saturated carbocycles. The van der Waals surface area contributed by atoms with Crippen LogP contribution >= 0.6 is 12.4 Å². The molecule has 0 atom stereocenters. The van der Waals surface area contributed by atoms with Gasteiger partial charge in [-0.3, -0.25) is 4.70 Å². The number of halogens is 2. The molecule has 0 heterocycles. The van der Waals surface area contributed by atoms with E-state index in [0.29, 0.717) is 0 Å². The summed E-state index contributed by atoms with van der Waals surface area (Å²) in [6.07, 6.45) is 0. The van der Waals surface area contributed by atoms with Crippen LogP contribution in [-0.2, 0) is 0 Å². The van der Waals surface area contributed by atoms with Gasteiger partial charge in [0.05, 0.1) is 0 Å². The minimum atomic E-state index is 0. The molecule has 0 amide bonds. The molecule has 0 aromatic carbocycles. The predicted octanol–water partition coefficient (Wildman–Crippen LogP) is -2.46. The van der Waals surface area contributed by atoms with Crippen molar-refractivity contribution in [2.24, 2.45) is 0 Å². The summed E-state index contributed by atoms with van der Waals surface area (Å²) in [5, 5.41) is 0. The number of hydrogen-bond donors (Lipinski definition) is 0. The van der Waals surface area contributed by atoms with Crippen LogP contribution in [0.2, 0.25) is 0 Å². The van der Waals surface area contributed by atoms with E-state index in [1.807, 2.05) is 0 Å². The summed E-state index contributed by atoms with van der Waals surface area (Å²) in [4.78, 5) is 0. The largest absolute Gasteiger partial charge is 2.00 e. The first-order valence-corrected chi connectivity index (χ1v) is 0. The van der Waals surface area contributed by atoms with Gasteiger partial charge >= 0.3 is 67.3 Å². The Morgan fingerprint density at radius 2 is 1.25 bits per heavy atom. The Balaban J connectivity index is 0. The average molecular weight is 123 g/mol. The Bertz CT molecular complexity index is 14.9. The maximum atomic E-state index is 0. The molecule has 0 nitrogen and oxygen atoms in total. The zero-order valence-electron chi connectivity index (χ0n) is 5.52. The standard InChI is InChI=1S/Ca.ClH.FH.Na.3H/h;2*1H;;;;/q+2;;;+1;3*-1. The van der Waals surface area contributed by atoms with Gasteiger partial charge in [0.25, 0.3) is 0 Å². The van der Waals surface area contributed by atoms with Gasteiger partial charge in [-0.05, 0) is 0 Å². The smallest absolute Gasteiger partial charge is 1.00 e. The summed E-state index contributed by atoms with van der Waals surface area (Å²) in [6.45, 7) is 0. The Morgan fingerprint density at radius 3 is 1.25 bits per heavy atom. The van der Waals surface area contributed by atoms with Crippen molar-refractivity contribution in [3.8, 4) is 0 Å². The normalized spacial score (nSPS) is 0. The van der Waals surface area contributed by atoms with E-state index in [1.165, 1.54) is 0 Å². The topological polar surface area (TPSA) is 0 Å². The third-order valence-corrected chi connectivity index (χ3v) is 0. The molecule has 0 aromatic heterocycles. The van der Waals surface area contributed by atoms with Crippen molar-refractivity contribution in [1.29, 1.82) is 0 Å². The molecule has 4 heavy (non-hydrogen) atoms. The fraction of sp³-hybridized carbons (Fsp3) is 0. The quantitative estimate of drug-likeness (QED) is 0.313. The first-order valence-electron chi connectivity index (χ1n) is 0. The number of rotatable bonds is 0. The van der Waals surface area contributed by atoms with Gasteiger partial charge in [-0.2, -0.15) is 0 Å². The first-order chi connectivity index (χ1) is 0. The van der Waals surface area contributed by atoms with E-state index in [4.69, 9.17) is 0 Å². The Kier molecular flexibility index (Phi) is 141. The van der Waals surface area contributed by atoms with E-state index >= 15 is 0 Å². The molecular weight excluding hydrogens is 118 g/mol. The molecule has 0 spiro atoms. The van der Waals surface area contributed by atoms with Crippen molar-refractivity contribution >= 4 is 50.1 Å². The second-order valence-electron chi connectivity index (χ2n) is 0. The van der Waals surface area contributed by atoms with Crippen LogP contribution in [0.5, 0.6) is 0 Å². The van der Waals surface area contributed by atoms with Gasteiger partial charge in [-0.15, -0.1) is 12.4 Å². The second kappa shape index (κ2) is 17.9. The van der Waals surface area contributed by atoms with Crippen molar-refractivity contribution in [2.75, 3.05) is 0 Å². The minimum absolute atomic E-state index is 0. The fourth-order valence-corrected chi connectivity index (χ4v) is 0. The van der Waals surface area contributed by atoms with Gasteiger partial charge in [0, 0.05) is 0 Å². The van der Waals surface area contributed by atoms with Crippen LogP contribution in [0.4, 0.5) is 4.70 Å². The van der Waals surface area contributed by atoms with Gasteiger partial charge in [0.15, 0.2) is 0 Å². The average Bonchev–Trinajstić information content (AvgIpc) is 0. The van der Waals surface area contributed by atoms with Crippen LogP contribution in [-0.4, -0.2) is 37.7 Å². The maximum Gasteiger partial charge on any atom is 2.00 e. The van der Waals surface area contributed by atoms with Crippen LogP contribution in [0.1, 0.15) is 4.28 Å². The zero-order chi connectivity index (χ0) is 0. The summed E-state index contributed by atoms with van der Waals surface area (Å²) in [7, 11) is 0. The van der Waals surface area contributed by atoms with E-state index in [9.17, 15) is 0 Å². The summed E-state index contributed by atoms with van der Waals surface area (Å²) < 4.78 is 0. The third-order valence-electron chi connectivity index (χ3n) is 0. The molecule has 0 unspecified atom stereocenters. The molecule has 0 saturated heterocycles. The summed E-state index contributed by atoms with van der Waals surface area (Å²) in [6, 6.07) is 0. The molecule has 0 bridgehead atoms. The van der Waals surface area contributed by atoms with Crippen molar-refractivity contribution in [1.82, 2.24) is 0 Å². The molecule has 22 valence electrons. The van der Waals surface area contributed by atoms with Crippen molar-refractivity contribution < 1.29 is 38.5 Å². The Labute approximate surface area is 87.2 Å². The molecular formula is H5CaClFNa. The molecule has 0 rings (SSSR count). The monoisotopic (exact) mass is 122 g/mol. The van der Waals surface area contributed by atoms with Crippen molar-refractivity contribution in [2.45, 2.75) is 0 Å². The second-order valence-corrected chi connectivity index (χ2v) is 0. The zero-order valence-corrected chi connectivity index (χ0v) is 7.55. The van der Waals surface area contributed by atoms with E-state index in [0.717, 1.165) is 0 Å². The van der Waals surface area contributed by atoms with E-state index in [1.54, 1.807) is 0 Å². The van der Waals surface area contributed by atoms with Crippen molar-refractivity contribution in [3.63, 3.8) is 0 Å². The van der Waals surface area contributed by atoms with E-state index in [2.05, 4.69) is 0 Å². The first kappa shape index (κ1) is 31.6. The minimum Gasteiger partial charge on any atom is -1.00 e. The maximum absolute atomic E-state index is 0. The van der Waals surface area contributed by atoms with Crippen LogP contribution in [0.15, 0.2) is 0 Å².